The Morgan fingerprint density at radius 3 is 2.41 bits per heavy atom. The van der Waals surface area contributed by atoms with E-state index in [4.69, 9.17) is 4.74 Å². The van der Waals surface area contributed by atoms with Crippen LogP contribution in [-0.4, -0.2) is 33.7 Å². The Morgan fingerprint density at radius 1 is 0.971 bits per heavy atom. The lowest BCUT2D eigenvalue weighted by atomic mass is 10.0. The number of carbonyl (C=O) groups is 1. The van der Waals surface area contributed by atoms with Crippen LogP contribution < -0.4 is 10.3 Å². The molecule has 5 rings (SSSR count). The molecule has 0 unspecified atom stereocenters. The van der Waals surface area contributed by atoms with E-state index in [1.54, 1.807) is 6.07 Å². The van der Waals surface area contributed by atoms with Crippen molar-refractivity contribution >= 4 is 16.7 Å². The minimum atomic E-state index is -0.194. The van der Waals surface area contributed by atoms with Gasteiger partial charge in [-0.3, -0.25) is 9.59 Å². The second-order valence-electron chi connectivity index (χ2n) is 8.50. The highest BCUT2D eigenvalue weighted by molar-refractivity contribution is 6.05. The fourth-order valence-electron chi connectivity index (χ4n) is 4.70. The molecule has 0 spiro atoms. The zero-order valence-electron chi connectivity index (χ0n) is 19.2. The lowest BCUT2D eigenvalue weighted by molar-refractivity contribution is 0.0729. The first-order valence-corrected chi connectivity index (χ1v) is 11.7. The first kappa shape index (κ1) is 21.9. The van der Waals surface area contributed by atoms with Crippen LogP contribution in [0.2, 0.25) is 0 Å². The van der Waals surface area contributed by atoms with Gasteiger partial charge in [-0.05, 0) is 49.1 Å². The maximum absolute atomic E-state index is 13.9. The molecule has 0 saturated carbocycles. The molecule has 2 heterocycles. The van der Waals surface area contributed by atoms with Crippen molar-refractivity contribution in [2.45, 2.75) is 32.4 Å². The summed E-state index contributed by atoms with van der Waals surface area (Å²) in [5, 5.41) is 5.70. The topological polar surface area (TPSA) is 64.4 Å². The molecule has 1 amide bonds. The summed E-state index contributed by atoms with van der Waals surface area (Å²) < 4.78 is 6.98. The Morgan fingerprint density at radius 2 is 1.68 bits per heavy atom. The second-order valence-corrected chi connectivity index (χ2v) is 8.50. The number of benzene rings is 3. The molecule has 3 aromatic carbocycles. The summed E-state index contributed by atoms with van der Waals surface area (Å²) >= 11 is 0. The van der Waals surface area contributed by atoms with Crippen LogP contribution in [0.1, 0.15) is 47.4 Å². The van der Waals surface area contributed by atoms with Crippen LogP contribution in [0.15, 0.2) is 83.7 Å². The second kappa shape index (κ2) is 9.51. The average molecular weight is 454 g/mol. The zero-order valence-corrected chi connectivity index (χ0v) is 19.2. The molecule has 1 aliphatic heterocycles. The van der Waals surface area contributed by atoms with Crippen LogP contribution in [0.5, 0.6) is 5.75 Å². The Kier molecular flexibility index (Phi) is 6.12. The van der Waals surface area contributed by atoms with Crippen LogP contribution in [0.25, 0.3) is 10.8 Å². The van der Waals surface area contributed by atoms with E-state index in [-0.39, 0.29) is 17.5 Å². The molecular weight excluding hydrogens is 426 g/mol. The molecule has 172 valence electrons. The Labute approximate surface area is 198 Å². The number of amides is 1. The predicted molar refractivity (Wildman–Crippen MR) is 132 cm³/mol. The van der Waals surface area contributed by atoms with Gasteiger partial charge in [0.2, 0.25) is 0 Å². The van der Waals surface area contributed by atoms with E-state index in [9.17, 15) is 9.59 Å². The van der Waals surface area contributed by atoms with Crippen LogP contribution in [0.3, 0.4) is 0 Å². The van der Waals surface area contributed by atoms with Gasteiger partial charge in [0, 0.05) is 11.9 Å². The van der Waals surface area contributed by atoms with Crippen molar-refractivity contribution in [3.63, 3.8) is 0 Å². The van der Waals surface area contributed by atoms with Gasteiger partial charge in [0.05, 0.1) is 24.6 Å². The lowest BCUT2D eigenvalue weighted by Gasteiger charge is -2.25. The van der Waals surface area contributed by atoms with Crippen molar-refractivity contribution in [3.05, 3.63) is 106 Å². The SMILES string of the molecule is CCOc1ccc([C@H]2CCCN2C(=O)c2nn(Cc3ccccc3)c(=O)c3ccccc23)cc1. The maximum atomic E-state index is 13.9. The van der Waals surface area contributed by atoms with Gasteiger partial charge in [-0.15, -0.1) is 0 Å². The third kappa shape index (κ3) is 4.19. The van der Waals surface area contributed by atoms with E-state index in [2.05, 4.69) is 5.10 Å². The smallest absolute Gasteiger partial charge is 0.275 e. The molecule has 34 heavy (non-hydrogen) atoms. The Balaban J connectivity index is 1.53. The van der Waals surface area contributed by atoms with Gasteiger partial charge >= 0.3 is 0 Å². The largest absolute Gasteiger partial charge is 0.494 e. The molecule has 0 radical (unpaired) electrons. The molecule has 1 saturated heterocycles. The number of hydrogen-bond donors (Lipinski definition) is 0. The number of likely N-dealkylation sites (tertiary alicyclic amines) is 1. The first-order chi connectivity index (χ1) is 16.7. The molecule has 1 aliphatic rings. The summed E-state index contributed by atoms with van der Waals surface area (Å²) in [6.45, 7) is 3.54. The highest BCUT2D eigenvalue weighted by Crippen LogP contribution is 2.34. The van der Waals surface area contributed by atoms with Gasteiger partial charge in [-0.2, -0.15) is 5.10 Å². The first-order valence-electron chi connectivity index (χ1n) is 11.7. The minimum Gasteiger partial charge on any atom is -0.494 e. The number of hydrogen-bond acceptors (Lipinski definition) is 4. The molecule has 1 atom stereocenters. The fraction of sp³-hybridized carbons (Fsp3) is 0.250. The van der Waals surface area contributed by atoms with Crippen molar-refractivity contribution in [2.24, 2.45) is 0 Å². The van der Waals surface area contributed by atoms with Gasteiger partial charge in [0.1, 0.15) is 5.75 Å². The van der Waals surface area contributed by atoms with E-state index >= 15 is 0 Å². The Hall–Kier alpha value is -3.93. The van der Waals surface area contributed by atoms with E-state index in [0.29, 0.717) is 36.2 Å². The molecule has 0 aliphatic carbocycles. The number of ether oxygens (including phenoxy) is 1. The summed E-state index contributed by atoms with van der Waals surface area (Å²) in [6, 6.07) is 24.9. The van der Waals surface area contributed by atoms with E-state index in [1.807, 2.05) is 84.6 Å². The van der Waals surface area contributed by atoms with Gasteiger partial charge in [-0.1, -0.05) is 60.7 Å². The average Bonchev–Trinajstić information content (AvgIpc) is 3.37. The van der Waals surface area contributed by atoms with Crippen LogP contribution in [0, 0.1) is 0 Å². The summed E-state index contributed by atoms with van der Waals surface area (Å²) in [5.74, 6) is 0.678. The molecule has 1 aromatic heterocycles. The van der Waals surface area contributed by atoms with Gasteiger partial charge in [0.15, 0.2) is 5.69 Å². The summed E-state index contributed by atoms with van der Waals surface area (Å²) in [5.41, 5.74) is 2.17. The number of nitrogens with zero attached hydrogens (tertiary/aromatic N) is 3. The van der Waals surface area contributed by atoms with Crippen molar-refractivity contribution in [1.82, 2.24) is 14.7 Å². The van der Waals surface area contributed by atoms with E-state index < -0.39 is 0 Å². The lowest BCUT2D eigenvalue weighted by Crippen LogP contribution is -2.34. The quantitative estimate of drug-likeness (QED) is 0.420. The fourth-order valence-corrected chi connectivity index (χ4v) is 4.70. The van der Waals surface area contributed by atoms with Crippen molar-refractivity contribution in [1.29, 1.82) is 0 Å². The van der Waals surface area contributed by atoms with E-state index in [0.717, 1.165) is 29.7 Å². The summed E-state index contributed by atoms with van der Waals surface area (Å²) in [6.07, 6.45) is 1.81. The summed E-state index contributed by atoms with van der Waals surface area (Å²) in [4.78, 5) is 28.9. The van der Waals surface area contributed by atoms with Crippen LogP contribution in [-0.2, 0) is 6.54 Å². The van der Waals surface area contributed by atoms with Crippen LogP contribution >= 0.6 is 0 Å². The monoisotopic (exact) mass is 453 g/mol. The van der Waals surface area contributed by atoms with Crippen molar-refractivity contribution in [3.8, 4) is 5.75 Å². The third-order valence-corrected chi connectivity index (χ3v) is 6.34. The molecule has 0 bridgehead atoms. The maximum Gasteiger partial charge on any atom is 0.275 e. The molecule has 6 heteroatoms. The molecule has 0 N–H and O–H groups in total. The van der Waals surface area contributed by atoms with Gasteiger partial charge in [0.25, 0.3) is 11.5 Å². The number of fused-ring (bicyclic) bond motifs is 1. The highest BCUT2D eigenvalue weighted by Gasteiger charge is 2.32. The number of aromatic nitrogens is 2. The van der Waals surface area contributed by atoms with Gasteiger partial charge in [-0.25, -0.2) is 4.68 Å². The standard InChI is InChI=1S/C28H27N3O3/c1-2-34-22-16-14-21(15-17-22)25-13-8-18-30(25)28(33)26-23-11-6-7-12-24(23)27(32)31(29-26)19-20-9-4-3-5-10-20/h3-7,9-12,14-17,25H,2,8,13,18-19H2,1H3/t25-/m1/s1. The van der Waals surface area contributed by atoms with Crippen LogP contribution in [0.4, 0.5) is 0 Å². The van der Waals surface area contributed by atoms with Crippen molar-refractivity contribution < 1.29 is 9.53 Å². The number of carbonyl (C=O) groups excluding carboxylic acids is 1. The Bertz CT molecular complexity index is 1360. The molecule has 6 nitrogen and oxygen atoms in total. The predicted octanol–water partition coefficient (Wildman–Crippen LogP) is 4.82. The van der Waals surface area contributed by atoms with E-state index in [1.165, 1.54) is 4.68 Å². The summed E-state index contributed by atoms with van der Waals surface area (Å²) in [7, 11) is 0. The van der Waals surface area contributed by atoms with Crippen molar-refractivity contribution in [2.75, 3.05) is 13.2 Å². The number of rotatable bonds is 6. The molecular formula is C28H27N3O3. The highest BCUT2D eigenvalue weighted by atomic mass is 16.5. The molecule has 1 fully saturated rings. The third-order valence-electron chi connectivity index (χ3n) is 6.34. The normalized spacial score (nSPS) is 15.6. The minimum absolute atomic E-state index is 0.0294. The molecule has 4 aromatic rings. The zero-order chi connectivity index (χ0) is 23.5. The van der Waals surface area contributed by atoms with Gasteiger partial charge < -0.3 is 9.64 Å².